The van der Waals surface area contributed by atoms with Crippen molar-refractivity contribution in [3.05, 3.63) is 58.3 Å². The Kier molecular flexibility index (Phi) is 6.74. The van der Waals surface area contributed by atoms with Gasteiger partial charge >= 0.3 is 0 Å². The fourth-order valence-electron chi connectivity index (χ4n) is 6.05. The Bertz CT molecular complexity index is 1610. The monoisotopic (exact) mass is 574 g/mol. The first kappa shape index (κ1) is 27.2. The summed E-state index contributed by atoms with van der Waals surface area (Å²) in [6, 6.07) is 9.44. The molecule has 0 radical (unpaired) electrons. The number of rotatable bonds is 8. The molecule has 4 aromatic rings. The van der Waals surface area contributed by atoms with E-state index in [1.807, 2.05) is 18.2 Å². The van der Waals surface area contributed by atoms with Crippen LogP contribution in [0.1, 0.15) is 73.3 Å². The Balaban J connectivity index is 1.32. The summed E-state index contributed by atoms with van der Waals surface area (Å²) in [6.07, 6.45) is 7.08. The third kappa shape index (κ3) is 5.04. The molecule has 3 aliphatic rings. The Hall–Kier alpha value is -3.95. The molecule has 4 aromatic heterocycles. The van der Waals surface area contributed by atoms with Crippen molar-refractivity contribution in [3.8, 4) is 17.5 Å². The first-order chi connectivity index (χ1) is 19.6. The molecule has 1 atom stereocenters. The van der Waals surface area contributed by atoms with E-state index < -0.39 is 17.7 Å². The van der Waals surface area contributed by atoms with Gasteiger partial charge in [0.25, 0.3) is 5.91 Å². The fourth-order valence-corrected chi connectivity index (χ4v) is 6.89. The minimum Gasteiger partial charge on any atom is -0.387 e. The second-order valence-corrected chi connectivity index (χ2v) is 12.6. The van der Waals surface area contributed by atoms with Gasteiger partial charge in [0.2, 0.25) is 0 Å². The van der Waals surface area contributed by atoms with E-state index in [-0.39, 0.29) is 17.5 Å². The van der Waals surface area contributed by atoms with E-state index in [0.29, 0.717) is 28.2 Å². The van der Waals surface area contributed by atoms with Crippen LogP contribution in [0.4, 0.5) is 10.1 Å². The van der Waals surface area contributed by atoms with E-state index in [4.69, 9.17) is 0 Å². The average Bonchev–Trinajstić information content (AvgIpc) is 3.67. The summed E-state index contributed by atoms with van der Waals surface area (Å²) in [6.45, 7) is 2.42. The van der Waals surface area contributed by atoms with Gasteiger partial charge in [-0.05, 0) is 76.6 Å². The van der Waals surface area contributed by atoms with E-state index >= 15 is 0 Å². The molecule has 0 aromatic carbocycles. The smallest absolute Gasteiger partial charge is 0.255 e. The lowest BCUT2D eigenvalue weighted by Crippen LogP contribution is -2.52. The summed E-state index contributed by atoms with van der Waals surface area (Å²) >= 11 is 1.62. The molecule has 3 fully saturated rings. The lowest BCUT2D eigenvalue weighted by Gasteiger charge is -2.53. The SMILES string of the molecule is CC(C)(O)C(F)CNC(=O)c1cnc(-c2ccc3cc(C#N)cnn23)cc1NC12CCC(c3nncs3)(CC1)CC2. The molecule has 4 heterocycles. The number of halogens is 1. The zero-order valence-electron chi connectivity index (χ0n) is 22.9. The number of amides is 1. The minimum atomic E-state index is -1.63. The molecule has 3 N–H and O–H groups in total. The van der Waals surface area contributed by atoms with Crippen LogP contribution in [-0.4, -0.2) is 59.7 Å². The van der Waals surface area contributed by atoms with Crippen molar-refractivity contribution in [1.82, 2.24) is 30.1 Å². The van der Waals surface area contributed by atoms with Crippen LogP contribution in [-0.2, 0) is 5.41 Å². The van der Waals surface area contributed by atoms with Crippen molar-refractivity contribution in [1.29, 1.82) is 5.26 Å². The number of hydrogen-bond donors (Lipinski definition) is 3. The molecule has 1 amide bonds. The van der Waals surface area contributed by atoms with Crippen LogP contribution in [0.5, 0.6) is 0 Å². The van der Waals surface area contributed by atoms with Gasteiger partial charge in [0.1, 0.15) is 22.8 Å². The Morgan fingerprint density at radius 1 is 1.22 bits per heavy atom. The lowest BCUT2D eigenvalue weighted by molar-refractivity contribution is -0.00177. The Morgan fingerprint density at radius 3 is 2.63 bits per heavy atom. The van der Waals surface area contributed by atoms with Crippen LogP contribution in [0.15, 0.2) is 42.2 Å². The quantitative estimate of drug-likeness (QED) is 0.281. The van der Waals surface area contributed by atoms with E-state index in [0.717, 1.165) is 49.0 Å². The maximum Gasteiger partial charge on any atom is 0.255 e. The molecule has 2 bridgehead atoms. The van der Waals surface area contributed by atoms with Gasteiger partial charge in [0.15, 0.2) is 0 Å². The third-order valence-electron chi connectivity index (χ3n) is 8.71. The van der Waals surface area contributed by atoms with Crippen LogP contribution in [0, 0.1) is 11.3 Å². The van der Waals surface area contributed by atoms with Gasteiger partial charge in [-0.1, -0.05) is 0 Å². The van der Waals surface area contributed by atoms with E-state index in [9.17, 15) is 19.6 Å². The fraction of sp³-hybridized carbons (Fsp3) is 0.448. The van der Waals surface area contributed by atoms with Crippen LogP contribution >= 0.6 is 11.3 Å². The summed E-state index contributed by atoms with van der Waals surface area (Å²) in [4.78, 5) is 17.9. The topological polar surface area (TPSA) is 141 Å². The zero-order chi connectivity index (χ0) is 28.8. The van der Waals surface area contributed by atoms with E-state index in [1.165, 1.54) is 26.2 Å². The van der Waals surface area contributed by atoms with Crippen molar-refractivity contribution in [2.75, 3.05) is 11.9 Å². The van der Waals surface area contributed by atoms with Crippen molar-refractivity contribution >= 4 is 28.4 Å². The molecule has 41 heavy (non-hydrogen) atoms. The number of fused-ring (bicyclic) bond motifs is 4. The van der Waals surface area contributed by atoms with E-state index in [2.05, 4.69) is 37.0 Å². The average molecular weight is 575 g/mol. The van der Waals surface area contributed by atoms with Crippen LogP contribution in [0.3, 0.4) is 0 Å². The Morgan fingerprint density at radius 2 is 1.98 bits per heavy atom. The number of aliphatic hydroxyl groups is 1. The van der Waals surface area contributed by atoms with Crippen molar-refractivity contribution in [3.63, 3.8) is 0 Å². The van der Waals surface area contributed by atoms with Gasteiger partial charge in [0, 0.05) is 17.2 Å². The predicted octanol–water partition coefficient (Wildman–Crippen LogP) is 4.41. The molecule has 0 aliphatic heterocycles. The van der Waals surface area contributed by atoms with Crippen molar-refractivity contribution in [2.24, 2.45) is 0 Å². The standard InChI is InChI=1S/C29H31FN8O2S/c1-27(2,40)24(30)16-33-25(39)20-15-32-22(23-4-3-19-11-18(13-31)14-35-38(19)23)12-21(20)36-29-8-5-28(6-9-29,7-10-29)26-37-34-17-41-26/h3-4,11-12,14-15,17,24,40H,5-10,16H2,1-2H3,(H,32,36)(H,33,39). The molecule has 1 unspecified atom stereocenters. The summed E-state index contributed by atoms with van der Waals surface area (Å²) in [7, 11) is 0. The number of anilines is 1. The number of nitrogens with zero attached hydrogens (tertiary/aromatic N) is 6. The van der Waals surface area contributed by atoms with Crippen LogP contribution in [0.2, 0.25) is 0 Å². The molecule has 3 saturated carbocycles. The molecular weight excluding hydrogens is 543 g/mol. The largest absolute Gasteiger partial charge is 0.387 e. The number of nitriles is 1. The highest BCUT2D eigenvalue weighted by atomic mass is 32.1. The molecular formula is C29H31FN8O2S. The van der Waals surface area contributed by atoms with Crippen LogP contribution in [0.25, 0.3) is 16.9 Å². The van der Waals surface area contributed by atoms with E-state index in [1.54, 1.807) is 27.4 Å². The highest BCUT2D eigenvalue weighted by Crippen LogP contribution is 2.55. The van der Waals surface area contributed by atoms with Gasteiger partial charge in [-0.2, -0.15) is 10.4 Å². The number of aromatic nitrogens is 5. The number of carbonyl (C=O) groups is 1. The number of nitrogens with one attached hydrogen (secondary N) is 2. The molecule has 10 nitrogen and oxygen atoms in total. The second-order valence-electron chi connectivity index (χ2n) is 11.8. The molecule has 0 spiro atoms. The highest BCUT2D eigenvalue weighted by molar-refractivity contribution is 7.09. The normalized spacial score (nSPS) is 22.8. The number of alkyl halides is 1. The number of hydrogen-bond acceptors (Lipinski definition) is 9. The van der Waals surface area contributed by atoms with Gasteiger partial charge < -0.3 is 15.7 Å². The Labute approximate surface area is 240 Å². The minimum absolute atomic E-state index is 0.0697. The molecule has 0 saturated heterocycles. The first-order valence-electron chi connectivity index (χ1n) is 13.7. The first-order valence-corrected chi connectivity index (χ1v) is 14.6. The molecule has 3 aliphatic carbocycles. The molecule has 212 valence electrons. The predicted molar refractivity (Wildman–Crippen MR) is 152 cm³/mol. The number of carbonyl (C=O) groups excluding carboxylic acids is 1. The summed E-state index contributed by atoms with van der Waals surface area (Å²) in [5, 5.41) is 39.6. The molecule has 12 heteroatoms. The number of pyridine rings is 1. The van der Waals surface area contributed by atoms with Crippen molar-refractivity contribution < 1.29 is 14.3 Å². The van der Waals surface area contributed by atoms with Gasteiger partial charge in [0.05, 0.1) is 52.1 Å². The van der Waals surface area contributed by atoms with Crippen molar-refractivity contribution in [2.45, 2.75) is 75.1 Å². The van der Waals surface area contributed by atoms with Gasteiger partial charge in [-0.3, -0.25) is 9.78 Å². The van der Waals surface area contributed by atoms with Crippen LogP contribution < -0.4 is 10.6 Å². The second kappa shape index (κ2) is 10.2. The maximum atomic E-state index is 14.5. The lowest BCUT2D eigenvalue weighted by atomic mass is 9.57. The molecule has 7 rings (SSSR count). The zero-order valence-corrected chi connectivity index (χ0v) is 23.7. The third-order valence-corrected chi connectivity index (χ3v) is 9.65. The van der Waals surface area contributed by atoms with Gasteiger partial charge in [-0.15, -0.1) is 21.5 Å². The highest BCUT2D eigenvalue weighted by Gasteiger charge is 2.51. The summed E-state index contributed by atoms with van der Waals surface area (Å²) in [5.41, 5.74) is 3.54. The maximum absolute atomic E-state index is 14.5. The van der Waals surface area contributed by atoms with Gasteiger partial charge in [-0.25, -0.2) is 8.91 Å². The summed E-state index contributed by atoms with van der Waals surface area (Å²) in [5.74, 6) is -0.471. The summed E-state index contributed by atoms with van der Waals surface area (Å²) < 4.78 is 16.2.